The number of benzene rings is 3. The van der Waals surface area contributed by atoms with E-state index in [1.807, 2.05) is 44.2 Å². The minimum absolute atomic E-state index is 0.147. The molecule has 0 saturated carbocycles. The minimum atomic E-state index is -1.02. The summed E-state index contributed by atoms with van der Waals surface area (Å²) in [6.07, 6.45) is 1.76. The van der Waals surface area contributed by atoms with Crippen LogP contribution >= 0.6 is 11.6 Å². The third-order valence-electron chi connectivity index (χ3n) is 7.53. The molecule has 0 bridgehead atoms. The molecular weight excluding hydrogens is 462 g/mol. The lowest BCUT2D eigenvalue weighted by atomic mass is 9.76. The highest BCUT2D eigenvalue weighted by Gasteiger charge is 2.50. The molecule has 0 saturated heterocycles. The van der Waals surface area contributed by atoms with Crippen molar-refractivity contribution in [2.75, 3.05) is 4.90 Å². The summed E-state index contributed by atoms with van der Waals surface area (Å²) in [6, 6.07) is 14.9. The summed E-state index contributed by atoms with van der Waals surface area (Å²) < 4.78 is 6.16. The SMILES string of the molecule is Cc1cc(N2C(=O)[C@@](C)(c3ccc4c(c3)CCC(C)(C)O4)c3cc(Cl)ccc32)cc(C(=O)O)c1C. The number of aryl methyl sites for hydroxylation is 2. The largest absolute Gasteiger partial charge is 0.488 e. The number of anilines is 2. The summed E-state index contributed by atoms with van der Waals surface area (Å²) >= 11 is 6.41. The van der Waals surface area contributed by atoms with Gasteiger partial charge >= 0.3 is 5.97 Å². The second-order valence-corrected chi connectivity index (χ2v) is 10.8. The second kappa shape index (κ2) is 7.85. The van der Waals surface area contributed by atoms with Crippen molar-refractivity contribution in [3.8, 4) is 5.75 Å². The highest BCUT2D eigenvalue weighted by Crippen LogP contribution is 2.51. The summed E-state index contributed by atoms with van der Waals surface area (Å²) in [4.78, 5) is 27.8. The van der Waals surface area contributed by atoms with Crippen LogP contribution in [0.15, 0.2) is 48.5 Å². The van der Waals surface area contributed by atoms with E-state index in [0.29, 0.717) is 22.0 Å². The number of carbonyl (C=O) groups is 2. The Balaban J connectivity index is 1.69. The van der Waals surface area contributed by atoms with Gasteiger partial charge in [0, 0.05) is 5.02 Å². The third kappa shape index (κ3) is 3.61. The molecule has 0 fully saturated rings. The van der Waals surface area contributed by atoms with Gasteiger partial charge in [-0.1, -0.05) is 23.7 Å². The normalized spacial score (nSPS) is 20.3. The number of aromatic carboxylic acids is 1. The third-order valence-corrected chi connectivity index (χ3v) is 7.77. The average Bonchev–Trinajstić information content (AvgIpc) is 3.02. The van der Waals surface area contributed by atoms with E-state index in [1.165, 1.54) is 0 Å². The van der Waals surface area contributed by atoms with Crippen molar-refractivity contribution in [3.05, 3.63) is 86.9 Å². The second-order valence-electron chi connectivity index (χ2n) is 10.4. The molecule has 0 spiro atoms. The van der Waals surface area contributed by atoms with Crippen LogP contribution in [-0.4, -0.2) is 22.6 Å². The Hall–Kier alpha value is -3.31. The first-order valence-electron chi connectivity index (χ1n) is 11.7. The first-order valence-corrected chi connectivity index (χ1v) is 12.1. The Morgan fingerprint density at radius 2 is 1.80 bits per heavy atom. The van der Waals surface area contributed by atoms with Crippen LogP contribution in [-0.2, 0) is 16.6 Å². The summed E-state index contributed by atoms with van der Waals surface area (Å²) in [5.74, 6) is -0.315. The Morgan fingerprint density at radius 1 is 1.06 bits per heavy atom. The Morgan fingerprint density at radius 3 is 2.51 bits per heavy atom. The molecule has 0 aromatic heterocycles. The van der Waals surface area contributed by atoms with Crippen LogP contribution in [0.2, 0.25) is 5.02 Å². The highest BCUT2D eigenvalue weighted by atomic mass is 35.5. The Kier molecular flexibility index (Phi) is 5.26. The van der Waals surface area contributed by atoms with Crippen LogP contribution in [0.25, 0.3) is 0 Å². The summed E-state index contributed by atoms with van der Waals surface area (Å²) in [5, 5.41) is 10.3. The lowest BCUT2D eigenvalue weighted by Gasteiger charge is -2.34. The van der Waals surface area contributed by atoms with Gasteiger partial charge < -0.3 is 9.84 Å². The van der Waals surface area contributed by atoms with E-state index in [9.17, 15) is 14.7 Å². The van der Waals surface area contributed by atoms with Crippen molar-refractivity contribution in [1.29, 1.82) is 0 Å². The van der Waals surface area contributed by atoms with Gasteiger partial charge in [0.25, 0.3) is 0 Å². The van der Waals surface area contributed by atoms with Gasteiger partial charge in [-0.2, -0.15) is 0 Å². The van der Waals surface area contributed by atoms with E-state index in [2.05, 4.69) is 19.9 Å². The standard InChI is InChI=1S/C29H28ClNO4/c1-16-12-21(15-22(17(16)2)26(32)33)31-24-8-7-20(30)14-23(24)29(5,27(31)34)19-6-9-25-18(13-19)10-11-28(3,4)35-25/h6-9,12-15H,10-11H2,1-5H3,(H,32,33)/t29-/m0/s1. The molecule has 2 aliphatic rings. The van der Waals surface area contributed by atoms with Crippen LogP contribution in [0.1, 0.15) is 65.4 Å². The molecular formula is C29H28ClNO4. The summed E-state index contributed by atoms with van der Waals surface area (Å²) in [6.45, 7) is 9.72. The molecule has 1 N–H and O–H groups in total. The van der Waals surface area contributed by atoms with Gasteiger partial charge in [-0.05, 0) is 112 Å². The lowest BCUT2D eigenvalue weighted by Crippen LogP contribution is -2.37. The fraction of sp³-hybridized carbons (Fsp3) is 0.310. The highest BCUT2D eigenvalue weighted by molar-refractivity contribution is 6.31. The number of carboxylic acids is 1. The van der Waals surface area contributed by atoms with Crippen molar-refractivity contribution in [1.82, 2.24) is 0 Å². The van der Waals surface area contributed by atoms with Gasteiger partial charge in [0.05, 0.1) is 22.4 Å². The number of fused-ring (bicyclic) bond motifs is 2. The number of carbonyl (C=O) groups excluding carboxylic acids is 1. The Bertz CT molecular complexity index is 1410. The van der Waals surface area contributed by atoms with E-state index in [4.69, 9.17) is 16.3 Å². The van der Waals surface area contributed by atoms with Crippen LogP contribution in [0.3, 0.4) is 0 Å². The zero-order valence-corrected chi connectivity index (χ0v) is 21.3. The van der Waals surface area contributed by atoms with Crippen molar-refractivity contribution in [3.63, 3.8) is 0 Å². The van der Waals surface area contributed by atoms with Gasteiger partial charge in [-0.3, -0.25) is 9.69 Å². The molecule has 35 heavy (non-hydrogen) atoms. The first-order chi connectivity index (χ1) is 16.4. The number of amides is 1. The van der Waals surface area contributed by atoms with Gasteiger partial charge in [-0.25, -0.2) is 4.79 Å². The number of ether oxygens (including phenoxy) is 1. The molecule has 0 aliphatic carbocycles. The first kappa shape index (κ1) is 23.4. The predicted molar refractivity (Wildman–Crippen MR) is 137 cm³/mol. The van der Waals surface area contributed by atoms with Gasteiger partial charge in [-0.15, -0.1) is 0 Å². The predicted octanol–water partition coefficient (Wildman–Crippen LogP) is 6.74. The quantitative estimate of drug-likeness (QED) is 0.442. The van der Waals surface area contributed by atoms with Crippen LogP contribution in [0.5, 0.6) is 5.75 Å². The maximum atomic E-state index is 14.2. The van der Waals surface area contributed by atoms with Crippen molar-refractivity contribution >= 4 is 34.9 Å². The molecule has 5 nitrogen and oxygen atoms in total. The number of hydrogen-bond donors (Lipinski definition) is 1. The Labute approximate surface area is 210 Å². The fourth-order valence-electron chi connectivity index (χ4n) is 5.25. The summed E-state index contributed by atoms with van der Waals surface area (Å²) in [5.41, 5.74) is 4.44. The average molecular weight is 490 g/mol. The summed E-state index contributed by atoms with van der Waals surface area (Å²) in [7, 11) is 0. The number of nitrogens with zero attached hydrogens (tertiary/aromatic N) is 1. The van der Waals surface area contributed by atoms with Crippen LogP contribution in [0, 0.1) is 13.8 Å². The molecule has 1 atom stereocenters. The topological polar surface area (TPSA) is 66.8 Å². The fourth-order valence-corrected chi connectivity index (χ4v) is 5.42. The van der Waals surface area contributed by atoms with E-state index >= 15 is 0 Å². The minimum Gasteiger partial charge on any atom is -0.488 e. The van der Waals surface area contributed by atoms with Gasteiger partial charge in [0.2, 0.25) is 5.91 Å². The molecule has 180 valence electrons. The molecule has 6 heteroatoms. The van der Waals surface area contributed by atoms with Crippen molar-refractivity contribution in [2.45, 2.75) is 58.5 Å². The number of hydrogen-bond acceptors (Lipinski definition) is 3. The van der Waals surface area contributed by atoms with Crippen molar-refractivity contribution < 1.29 is 19.4 Å². The van der Waals surface area contributed by atoms with Gasteiger partial charge in [0.1, 0.15) is 11.4 Å². The monoisotopic (exact) mass is 489 g/mol. The van der Waals surface area contributed by atoms with Crippen LogP contribution in [0.4, 0.5) is 11.4 Å². The van der Waals surface area contributed by atoms with Crippen molar-refractivity contribution in [2.24, 2.45) is 0 Å². The lowest BCUT2D eigenvalue weighted by molar-refractivity contribution is -0.120. The molecule has 3 aromatic rings. The van der Waals surface area contributed by atoms with E-state index in [0.717, 1.165) is 40.8 Å². The smallest absolute Gasteiger partial charge is 0.336 e. The van der Waals surface area contributed by atoms with Crippen LogP contribution < -0.4 is 9.64 Å². The zero-order valence-electron chi connectivity index (χ0n) is 20.5. The maximum Gasteiger partial charge on any atom is 0.336 e. The molecule has 1 amide bonds. The van der Waals surface area contributed by atoms with E-state index in [1.54, 1.807) is 24.0 Å². The number of rotatable bonds is 3. The molecule has 3 aromatic carbocycles. The zero-order chi connectivity index (χ0) is 25.3. The van der Waals surface area contributed by atoms with Gasteiger partial charge in [0.15, 0.2) is 0 Å². The van der Waals surface area contributed by atoms with E-state index < -0.39 is 11.4 Å². The molecule has 0 unspecified atom stereocenters. The maximum absolute atomic E-state index is 14.2. The molecule has 2 heterocycles. The number of carboxylic acid groups (broad SMARTS) is 1. The molecule has 5 rings (SSSR count). The molecule has 2 aliphatic heterocycles. The molecule has 0 radical (unpaired) electrons. The number of halogens is 1. The van der Waals surface area contributed by atoms with E-state index in [-0.39, 0.29) is 17.1 Å².